The molecule has 5 heteroatoms. The van der Waals surface area contributed by atoms with Gasteiger partial charge in [0.05, 0.1) is 19.4 Å². The zero-order chi connectivity index (χ0) is 12.1. The van der Waals surface area contributed by atoms with E-state index < -0.39 is 0 Å². The molecule has 0 spiro atoms. The number of ether oxygens (including phenoxy) is 1. The van der Waals surface area contributed by atoms with Crippen molar-refractivity contribution < 1.29 is 14.2 Å². The average molecular weight is 228 g/mol. The molecule has 0 heterocycles. The number of rotatable bonds is 5. The minimum atomic E-state index is -0.363. The van der Waals surface area contributed by atoms with Gasteiger partial charge in [0.2, 0.25) is 0 Å². The van der Waals surface area contributed by atoms with Crippen LogP contribution in [0.25, 0.3) is 0 Å². The number of aliphatic hydroxyl groups excluding tert-OH is 1. The molecule has 0 saturated carbocycles. The topological polar surface area (TPSA) is 58.7 Å². The van der Waals surface area contributed by atoms with Crippen molar-refractivity contribution >= 4 is 5.69 Å². The number of benzene rings is 1. The summed E-state index contributed by atoms with van der Waals surface area (Å²) >= 11 is 0. The van der Waals surface area contributed by atoms with Crippen molar-refractivity contribution in [3.63, 3.8) is 0 Å². The molecular formula is C11H17FN2O2. The Bertz CT molecular complexity index is 347. The third-order valence-corrected chi connectivity index (χ3v) is 2.30. The lowest BCUT2D eigenvalue weighted by molar-refractivity contribution is 0.267. The highest BCUT2D eigenvalue weighted by Gasteiger charge is 2.12. The third kappa shape index (κ3) is 3.08. The molecule has 0 aliphatic carbocycles. The van der Waals surface area contributed by atoms with Gasteiger partial charge >= 0.3 is 0 Å². The predicted octanol–water partition coefficient (Wildman–Crippen LogP) is 0.590. The molecule has 0 amide bonds. The number of nitrogens with zero attached hydrogens (tertiary/aromatic N) is 1. The lowest BCUT2D eigenvalue weighted by Gasteiger charge is -2.24. The molecule has 16 heavy (non-hydrogen) atoms. The van der Waals surface area contributed by atoms with Gasteiger partial charge in [0, 0.05) is 25.7 Å². The quantitative estimate of drug-likeness (QED) is 0.774. The maximum atomic E-state index is 13.1. The van der Waals surface area contributed by atoms with E-state index in [1.807, 2.05) is 0 Å². The van der Waals surface area contributed by atoms with E-state index in [4.69, 9.17) is 15.6 Å². The van der Waals surface area contributed by atoms with Gasteiger partial charge in [-0.25, -0.2) is 4.39 Å². The normalized spacial score (nSPS) is 12.3. The maximum Gasteiger partial charge on any atom is 0.142 e. The SMILES string of the molecule is COc1ccc(F)cc1N(C)CC(N)CO. The number of anilines is 1. The van der Waals surface area contributed by atoms with E-state index in [9.17, 15) is 4.39 Å². The molecule has 1 rings (SSSR count). The van der Waals surface area contributed by atoms with Crippen LogP contribution in [0, 0.1) is 5.82 Å². The first-order chi connectivity index (χ1) is 7.58. The van der Waals surface area contributed by atoms with E-state index in [2.05, 4.69) is 0 Å². The number of methoxy groups -OCH3 is 1. The number of hydrogen-bond acceptors (Lipinski definition) is 4. The van der Waals surface area contributed by atoms with Gasteiger partial charge in [-0.1, -0.05) is 0 Å². The van der Waals surface area contributed by atoms with Crippen molar-refractivity contribution in [3.8, 4) is 5.75 Å². The van der Waals surface area contributed by atoms with E-state index in [1.54, 1.807) is 18.0 Å². The standard InChI is InChI=1S/C11H17FN2O2/c1-14(6-9(13)7-15)10-5-8(12)3-4-11(10)16-2/h3-5,9,15H,6-7,13H2,1-2H3. The van der Waals surface area contributed by atoms with Crippen LogP contribution in [0.15, 0.2) is 18.2 Å². The summed E-state index contributed by atoms with van der Waals surface area (Å²) in [5, 5.41) is 8.85. The fourth-order valence-corrected chi connectivity index (χ4v) is 1.47. The van der Waals surface area contributed by atoms with Crippen molar-refractivity contribution in [2.75, 3.05) is 32.2 Å². The van der Waals surface area contributed by atoms with E-state index in [1.165, 1.54) is 19.2 Å². The van der Waals surface area contributed by atoms with Gasteiger partial charge < -0.3 is 20.5 Å². The second kappa shape index (κ2) is 5.67. The first kappa shape index (κ1) is 12.7. The first-order valence-corrected chi connectivity index (χ1v) is 4.99. The summed E-state index contributed by atoms with van der Waals surface area (Å²) < 4.78 is 18.2. The summed E-state index contributed by atoms with van der Waals surface area (Å²) in [6, 6.07) is 3.91. The van der Waals surface area contributed by atoms with Crippen LogP contribution in [0.3, 0.4) is 0 Å². The average Bonchev–Trinajstić information content (AvgIpc) is 2.28. The summed E-state index contributed by atoms with van der Waals surface area (Å²) in [6.07, 6.45) is 0. The van der Waals surface area contributed by atoms with Crippen molar-refractivity contribution in [1.29, 1.82) is 0 Å². The summed E-state index contributed by atoms with van der Waals surface area (Å²) in [5.74, 6) is 0.245. The Balaban J connectivity index is 2.88. The van der Waals surface area contributed by atoms with Crippen LogP contribution in [-0.4, -0.2) is 38.5 Å². The summed E-state index contributed by atoms with van der Waals surface area (Å²) in [7, 11) is 3.30. The smallest absolute Gasteiger partial charge is 0.142 e. The highest BCUT2D eigenvalue weighted by Crippen LogP contribution is 2.27. The number of halogens is 1. The Hall–Kier alpha value is -1.33. The molecule has 4 nitrogen and oxygen atoms in total. The van der Waals surface area contributed by atoms with Crippen LogP contribution in [0.2, 0.25) is 0 Å². The zero-order valence-corrected chi connectivity index (χ0v) is 9.48. The molecule has 0 radical (unpaired) electrons. The number of hydrogen-bond donors (Lipinski definition) is 2. The Morgan fingerprint density at radius 1 is 1.56 bits per heavy atom. The number of nitrogens with two attached hydrogens (primary N) is 1. The highest BCUT2D eigenvalue weighted by atomic mass is 19.1. The molecule has 0 saturated heterocycles. The monoisotopic (exact) mass is 228 g/mol. The van der Waals surface area contributed by atoms with Crippen LogP contribution >= 0.6 is 0 Å². The fraction of sp³-hybridized carbons (Fsp3) is 0.455. The molecule has 0 aromatic heterocycles. The highest BCUT2D eigenvalue weighted by molar-refractivity contribution is 5.58. The lowest BCUT2D eigenvalue weighted by Crippen LogP contribution is -2.38. The molecule has 3 N–H and O–H groups in total. The molecule has 0 aliphatic heterocycles. The van der Waals surface area contributed by atoms with E-state index in [0.717, 1.165) is 0 Å². The van der Waals surface area contributed by atoms with Crippen molar-refractivity contribution in [1.82, 2.24) is 0 Å². The molecule has 1 atom stereocenters. The molecule has 1 aromatic carbocycles. The largest absolute Gasteiger partial charge is 0.495 e. The first-order valence-electron chi connectivity index (χ1n) is 4.99. The molecule has 0 fully saturated rings. The van der Waals surface area contributed by atoms with Crippen LogP contribution in [-0.2, 0) is 0 Å². The van der Waals surface area contributed by atoms with Gasteiger partial charge in [0.1, 0.15) is 11.6 Å². The van der Waals surface area contributed by atoms with E-state index in [-0.39, 0.29) is 18.5 Å². The summed E-state index contributed by atoms with van der Waals surface area (Å²) in [6.45, 7) is 0.318. The molecule has 1 aromatic rings. The Kier molecular flexibility index (Phi) is 4.52. The molecule has 0 bridgehead atoms. The van der Waals surface area contributed by atoms with Crippen molar-refractivity contribution in [3.05, 3.63) is 24.0 Å². The fourth-order valence-electron chi connectivity index (χ4n) is 1.47. The van der Waals surface area contributed by atoms with Gasteiger partial charge in [-0.3, -0.25) is 0 Å². The molecular weight excluding hydrogens is 211 g/mol. The minimum Gasteiger partial charge on any atom is -0.495 e. The van der Waals surface area contributed by atoms with Gasteiger partial charge in [-0.2, -0.15) is 0 Å². The minimum absolute atomic E-state index is 0.109. The third-order valence-electron chi connectivity index (χ3n) is 2.30. The predicted molar refractivity (Wildman–Crippen MR) is 61.3 cm³/mol. The van der Waals surface area contributed by atoms with Crippen molar-refractivity contribution in [2.45, 2.75) is 6.04 Å². The van der Waals surface area contributed by atoms with Gasteiger partial charge in [0.25, 0.3) is 0 Å². The van der Waals surface area contributed by atoms with Gasteiger partial charge in [-0.15, -0.1) is 0 Å². The molecule has 0 aliphatic rings. The Morgan fingerprint density at radius 3 is 2.81 bits per heavy atom. The van der Waals surface area contributed by atoms with Gasteiger partial charge in [0.15, 0.2) is 0 Å². The second-order valence-electron chi connectivity index (χ2n) is 3.64. The second-order valence-corrected chi connectivity index (χ2v) is 3.64. The van der Waals surface area contributed by atoms with Crippen LogP contribution in [0.5, 0.6) is 5.75 Å². The Labute approximate surface area is 94.4 Å². The maximum absolute atomic E-state index is 13.1. The van der Waals surface area contributed by atoms with Crippen LogP contribution in [0.4, 0.5) is 10.1 Å². The molecule has 1 unspecified atom stereocenters. The number of likely N-dealkylation sites (N-methyl/N-ethyl adjacent to an activating group) is 1. The zero-order valence-electron chi connectivity index (χ0n) is 9.48. The van der Waals surface area contributed by atoms with Gasteiger partial charge in [-0.05, 0) is 12.1 Å². The lowest BCUT2D eigenvalue weighted by atomic mass is 10.2. The van der Waals surface area contributed by atoms with Crippen molar-refractivity contribution in [2.24, 2.45) is 5.73 Å². The van der Waals surface area contributed by atoms with Crippen LogP contribution < -0.4 is 15.4 Å². The van der Waals surface area contributed by atoms with E-state index in [0.29, 0.717) is 18.0 Å². The Morgan fingerprint density at radius 2 is 2.25 bits per heavy atom. The van der Waals surface area contributed by atoms with E-state index >= 15 is 0 Å². The van der Waals surface area contributed by atoms with Crippen LogP contribution in [0.1, 0.15) is 0 Å². The summed E-state index contributed by atoms with van der Waals surface area (Å²) in [4.78, 5) is 1.75. The molecule has 90 valence electrons. The number of aliphatic hydroxyl groups is 1. The summed E-state index contributed by atoms with van der Waals surface area (Å²) in [5.41, 5.74) is 6.23.